The lowest BCUT2D eigenvalue weighted by atomic mass is 10.5. The van der Waals surface area contributed by atoms with E-state index in [2.05, 4.69) is 9.98 Å². The maximum atomic E-state index is 5.35. The minimum absolute atomic E-state index is 0. The van der Waals surface area contributed by atoms with E-state index in [9.17, 15) is 0 Å². The van der Waals surface area contributed by atoms with Crippen LogP contribution in [0.1, 0.15) is 5.76 Å². The summed E-state index contributed by atoms with van der Waals surface area (Å²) < 4.78 is 5.02. The summed E-state index contributed by atoms with van der Waals surface area (Å²) in [5.41, 5.74) is 15.5. The first kappa shape index (κ1) is 12.3. The Morgan fingerprint density at radius 1 is 1.36 bits per heavy atom. The number of rotatable bonds is 2. The molecule has 1 aromatic rings. The monoisotopic (exact) mass is 217 g/mol. The molecule has 6 nitrogen and oxygen atoms in total. The van der Waals surface area contributed by atoms with Crippen molar-refractivity contribution < 1.29 is 4.42 Å². The normalized spacial score (nSPS) is 10.4. The first-order chi connectivity index (χ1) is 6.18. The molecule has 6 N–H and O–H groups in total. The zero-order valence-corrected chi connectivity index (χ0v) is 8.20. The van der Waals surface area contributed by atoms with E-state index in [0.29, 0.717) is 12.3 Å². The SMILES string of the molecule is Cl.NC(N)=NC(N)=NCc1ccco1. The van der Waals surface area contributed by atoms with E-state index in [-0.39, 0.29) is 24.3 Å². The van der Waals surface area contributed by atoms with Crippen LogP contribution in [0.2, 0.25) is 0 Å². The van der Waals surface area contributed by atoms with Gasteiger partial charge in [-0.05, 0) is 12.1 Å². The molecule has 78 valence electrons. The number of nitrogens with zero attached hydrogens (tertiary/aromatic N) is 2. The summed E-state index contributed by atoms with van der Waals surface area (Å²) in [5, 5.41) is 0. The molecule has 0 spiro atoms. The van der Waals surface area contributed by atoms with Crippen molar-refractivity contribution in [3.8, 4) is 0 Å². The highest BCUT2D eigenvalue weighted by atomic mass is 35.5. The molecule has 0 fully saturated rings. The molecule has 1 rings (SSSR count). The largest absolute Gasteiger partial charge is 0.467 e. The molecular weight excluding hydrogens is 206 g/mol. The summed E-state index contributed by atoms with van der Waals surface area (Å²) >= 11 is 0. The fourth-order valence-corrected chi connectivity index (χ4v) is 0.729. The van der Waals surface area contributed by atoms with Gasteiger partial charge < -0.3 is 21.6 Å². The van der Waals surface area contributed by atoms with Gasteiger partial charge in [0.1, 0.15) is 12.3 Å². The average Bonchev–Trinajstić information content (AvgIpc) is 2.51. The van der Waals surface area contributed by atoms with Crippen LogP contribution in [-0.4, -0.2) is 11.9 Å². The zero-order valence-electron chi connectivity index (χ0n) is 7.38. The Bertz CT molecular complexity index is 315. The molecule has 0 unspecified atom stereocenters. The van der Waals surface area contributed by atoms with Crippen LogP contribution in [0.4, 0.5) is 0 Å². The van der Waals surface area contributed by atoms with Gasteiger partial charge in [-0.15, -0.1) is 12.4 Å². The van der Waals surface area contributed by atoms with Crippen molar-refractivity contribution in [2.75, 3.05) is 0 Å². The molecule has 0 aliphatic heterocycles. The fraction of sp³-hybridized carbons (Fsp3) is 0.143. The molecule has 0 aliphatic carbocycles. The average molecular weight is 218 g/mol. The predicted octanol–water partition coefficient (Wildman–Crippen LogP) is -0.210. The second-order valence-electron chi connectivity index (χ2n) is 2.29. The van der Waals surface area contributed by atoms with Gasteiger partial charge in [0, 0.05) is 0 Å². The summed E-state index contributed by atoms with van der Waals surface area (Å²) in [5.74, 6) is 0.630. The highest BCUT2D eigenvalue weighted by Crippen LogP contribution is 2.00. The number of guanidine groups is 2. The predicted molar refractivity (Wildman–Crippen MR) is 57.1 cm³/mol. The van der Waals surface area contributed by atoms with Gasteiger partial charge in [0.25, 0.3) is 0 Å². The molecule has 0 saturated carbocycles. The van der Waals surface area contributed by atoms with Crippen LogP contribution in [0, 0.1) is 0 Å². The van der Waals surface area contributed by atoms with Crippen molar-refractivity contribution >= 4 is 24.3 Å². The van der Waals surface area contributed by atoms with Crippen molar-refractivity contribution in [1.82, 2.24) is 0 Å². The summed E-state index contributed by atoms with van der Waals surface area (Å²) in [4.78, 5) is 7.40. The molecule has 1 aromatic heterocycles. The number of halogens is 1. The van der Waals surface area contributed by atoms with Crippen LogP contribution in [0.25, 0.3) is 0 Å². The van der Waals surface area contributed by atoms with E-state index in [0.717, 1.165) is 0 Å². The number of aliphatic imine (C=N–C) groups is 2. The van der Waals surface area contributed by atoms with E-state index in [1.165, 1.54) is 0 Å². The van der Waals surface area contributed by atoms with Gasteiger partial charge in [-0.2, -0.15) is 4.99 Å². The first-order valence-corrected chi connectivity index (χ1v) is 3.60. The second kappa shape index (κ2) is 5.87. The Morgan fingerprint density at radius 2 is 2.07 bits per heavy atom. The molecule has 0 saturated heterocycles. The van der Waals surface area contributed by atoms with Crippen LogP contribution in [0.15, 0.2) is 32.8 Å². The van der Waals surface area contributed by atoms with Gasteiger partial charge in [-0.1, -0.05) is 0 Å². The van der Waals surface area contributed by atoms with Crippen LogP contribution in [0.3, 0.4) is 0 Å². The van der Waals surface area contributed by atoms with Crippen molar-refractivity contribution in [3.05, 3.63) is 24.2 Å². The minimum atomic E-state index is -0.110. The third-order valence-corrected chi connectivity index (χ3v) is 1.22. The van der Waals surface area contributed by atoms with E-state index in [4.69, 9.17) is 21.6 Å². The Hall–Kier alpha value is -1.69. The van der Waals surface area contributed by atoms with Crippen molar-refractivity contribution in [2.24, 2.45) is 27.2 Å². The van der Waals surface area contributed by atoms with Gasteiger partial charge in [0.15, 0.2) is 5.96 Å². The highest BCUT2D eigenvalue weighted by molar-refractivity contribution is 5.92. The smallest absolute Gasteiger partial charge is 0.218 e. The van der Waals surface area contributed by atoms with Crippen LogP contribution >= 0.6 is 12.4 Å². The van der Waals surface area contributed by atoms with Crippen LogP contribution in [0.5, 0.6) is 0 Å². The number of hydrogen-bond acceptors (Lipinski definition) is 2. The highest BCUT2D eigenvalue weighted by Gasteiger charge is 1.93. The molecular formula is C7H12ClN5O. The van der Waals surface area contributed by atoms with Gasteiger partial charge in [-0.25, -0.2) is 4.99 Å². The lowest BCUT2D eigenvalue weighted by Gasteiger charge is -1.93. The summed E-state index contributed by atoms with van der Waals surface area (Å²) in [6.07, 6.45) is 1.56. The molecule has 0 aromatic carbocycles. The lowest BCUT2D eigenvalue weighted by molar-refractivity contribution is 0.512. The Labute approximate surface area is 87.3 Å². The molecule has 1 heterocycles. The van der Waals surface area contributed by atoms with E-state index < -0.39 is 0 Å². The molecule has 0 radical (unpaired) electrons. The Morgan fingerprint density at radius 3 is 2.57 bits per heavy atom. The molecule has 0 atom stereocenters. The third kappa shape index (κ3) is 4.36. The summed E-state index contributed by atoms with van der Waals surface area (Å²) in [6, 6.07) is 3.55. The first-order valence-electron chi connectivity index (χ1n) is 3.60. The number of furan rings is 1. The number of hydrogen-bond donors (Lipinski definition) is 3. The topological polar surface area (TPSA) is 116 Å². The third-order valence-electron chi connectivity index (χ3n) is 1.22. The molecule has 14 heavy (non-hydrogen) atoms. The molecule has 7 heteroatoms. The van der Waals surface area contributed by atoms with Crippen molar-refractivity contribution in [3.63, 3.8) is 0 Å². The molecule has 0 aliphatic rings. The summed E-state index contributed by atoms with van der Waals surface area (Å²) in [6.45, 7) is 0.329. The van der Waals surface area contributed by atoms with Gasteiger partial charge in [0.05, 0.1) is 6.26 Å². The quantitative estimate of drug-likeness (QED) is 0.469. The Kier molecular flexibility index (Phi) is 5.16. The van der Waals surface area contributed by atoms with Gasteiger partial charge in [-0.3, -0.25) is 0 Å². The van der Waals surface area contributed by atoms with E-state index in [1.807, 2.05) is 0 Å². The van der Waals surface area contributed by atoms with Crippen molar-refractivity contribution in [1.29, 1.82) is 0 Å². The van der Waals surface area contributed by atoms with Gasteiger partial charge in [0.2, 0.25) is 5.96 Å². The molecule has 0 amide bonds. The summed E-state index contributed by atoms with van der Waals surface area (Å²) in [7, 11) is 0. The van der Waals surface area contributed by atoms with Gasteiger partial charge >= 0.3 is 0 Å². The van der Waals surface area contributed by atoms with E-state index in [1.54, 1.807) is 18.4 Å². The lowest BCUT2D eigenvalue weighted by Crippen LogP contribution is -2.26. The molecule has 0 bridgehead atoms. The minimum Gasteiger partial charge on any atom is -0.467 e. The van der Waals surface area contributed by atoms with Crippen molar-refractivity contribution in [2.45, 2.75) is 6.54 Å². The van der Waals surface area contributed by atoms with Crippen LogP contribution in [-0.2, 0) is 6.54 Å². The zero-order chi connectivity index (χ0) is 9.68. The number of nitrogens with two attached hydrogens (primary N) is 3. The standard InChI is InChI=1S/C7H11N5O.ClH/c8-6(9)12-7(10)11-4-5-2-1-3-13-5;/h1-3H,4H2,(H6,8,9,10,11,12);1H. The van der Waals surface area contributed by atoms with E-state index >= 15 is 0 Å². The maximum Gasteiger partial charge on any atom is 0.218 e. The fourth-order valence-electron chi connectivity index (χ4n) is 0.729. The van der Waals surface area contributed by atoms with Crippen LogP contribution < -0.4 is 17.2 Å². The Balaban J connectivity index is 0.00000169. The maximum absolute atomic E-state index is 5.35. The second-order valence-corrected chi connectivity index (χ2v) is 2.29.